The lowest BCUT2D eigenvalue weighted by atomic mass is 10.0. The third kappa shape index (κ3) is 4.49. The van der Waals surface area contributed by atoms with Crippen LogP contribution in [0.4, 0.5) is 14.5 Å². The van der Waals surface area contributed by atoms with Gasteiger partial charge >= 0.3 is 0 Å². The Morgan fingerprint density at radius 3 is 2.75 bits per heavy atom. The second-order valence-corrected chi connectivity index (χ2v) is 9.77. The first kappa shape index (κ1) is 25.4. The number of ketones is 1. The number of likely N-dealkylation sites (tertiary alicyclic amines) is 1. The number of hydrogen-bond acceptors (Lipinski definition) is 5. The molecule has 202 valence electrons. The number of H-pyrrole nitrogens is 1. The summed E-state index contributed by atoms with van der Waals surface area (Å²) in [5.74, 6) is -2.13. The quantitative estimate of drug-likeness (QED) is 0.307. The summed E-state index contributed by atoms with van der Waals surface area (Å²) < 4.78 is 31.4. The second-order valence-electron chi connectivity index (χ2n) is 9.77. The van der Waals surface area contributed by atoms with Crippen LogP contribution in [0.1, 0.15) is 23.8 Å². The molecule has 3 aromatic carbocycles. The number of carbonyl (C=O) groups excluding carboxylic acids is 3. The summed E-state index contributed by atoms with van der Waals surface area (Å²) >= 11 is 0. The fourth-order valence-corrected chi connectivity index (χ4v) is 5.21. The number of aromatic amines is 1. The maximum atomic E-state index is 15.5. The predicted octanol–water partition coefficient (Wildman–Crippen LogP) is 4.50. The maximum absolute atomic E-state index is 15.5. The number of imidazole rings is 1. The fourth-order valence-electron chi connectivity index (χ4n) is 5.21. The lowest BCUT2D eigenvalue weighted by molar-refractivity contribution is -0.137. The van der Waals surface area contributed by atoms with E-state index in [1.54, 1.807) is 60.9 Å². The van der Waals surface area contributed by atoms with Crippen LogP contribution in [-0.4, -0.2) is 61.0 Å². The second kappa shape index (κ2) is 9.99. The van der Waals surface area contributed by atoms with E-state index in [4.69, 9.17) is 0 Å². The molecule has 0 spiro atoms. The Morgan fingerprint density at radius 2 is 1.93 bits per heavy atom. The van der Waals surface area contributed by atoms with Crippen molar-refractivity contribution in [1.82, 2.24) is 24.6 Å². The van der Waals surface area contributed by atoms with Gasteiger partial charge in [0.05, 0.1) is 35.1 Å². The summed E-state index contributed by atoms with van der Waals surface area (Å²) in [6.45, 7) is 0.825. The number of alkyl halides is 1. The minimum atomic E-state index is -1.42. The van der Waals surface area contributed by atoms with Crippen LogP contribution < -0.4 is 5.32 Å². The topological polar surface area (TPSA) is 113 Å². The van der Waals surface area contributed by atoms with Crippen LogP contribution in [-0.2, 0) is 16.1 Å². The molecule has 0 bridgehead atoms. The van der Waals surface area contributed by atoms with Gasteiger partial charge in [0, 0.05) is 24.3 Å². The molecular weight excluding hydrogens is 518 g/mol. The zero-order chi connectivity index (χ0) is 28.0. The summed E-state index contributed by atoms with van der Waals surface area (Å²) in [4.78, 5) is 46.9. The third-order valence-corrected chi connectivity index (χ3v) is 7.14. The number of aromatic nitrogens is 4. The van der Waals surface area contributed by atoms with Gasteiger partial charge in [0.15, 0.2) is 11.6 Å². The van der Waals surface area contributed by atoms with E-state index in [9.17, 15) is 18.8 Å². The van der Waals surface area contributed by atoms with Crippen molar-refractivity contribution in [1.29, 1.82) is 0 Å². The van der Waals surface area contributed by atoms with Gasteiger partial charge in [0.1, 0.15) is 24.5 Å². The molecule has 2 atom stereocenters. The number of anilines is 1. The largest absolute Gasteiger partial charge is 0.345 e. The van der Waals surface area contributed by atoms with Gasteiger partial charge in [0.2, 0.25) is 11.8 Å². The molecule has 1 aliphatic rings. The van der Waals surface area contributed by atoms with Crippen molar-refractivity contribution in [3.05, 3.63) is 78.5 Å². The Balaban J connectivity index is 1.23. The number of rotatable bonds is 6. The van der Waals surface area contributed by atoms with Crippen molar-refractivity contribution < 1.29 is 23.2 Å². The van der Waals surface area contributed by atoms with Crippen LogP contribution in [0.15, 0.2) is 67.0 Å². The number of hydrogen-bond donors (Lipinski definition) is 2. The summed E-state index contributed by atoms with van der Waals surface area (Å²) in [5.41, 5.74) is 3.05. The van der Waals surface area contributed by atoms with Gasteiger partial charge in [-0.05, 0) is 29.8 Å². The van der Waals surface area contributed by atoms with Crippen molar-refractivity contribution in [3.63, 3.8) is 0 Å². The summed E-state index contributed by atoms with van der Waals surface area (Å²) in [6.07, 6.45) is -0.0849. The van der Waals surface area contributed by atoms with Crippen molar-refractivity contribution in [2.75, 3.05) is 11.9 Å². The van der Waals surface area contributed by atoms with E-state index in [2.05, 4.69) is 20.4 Å². The zero-order valence-electron chi connectivity index (χ0n) is 21.4. The summed E-state index contributed by atoms with van der Waals surface area (Å²) in [5, 5.41) is 7.44. The molecule has 2 aromatic heterocycles. The van der Waals surface area contributed by atoms with Crippen LogP contribution >= 0.6 is 0 Å². The molecule has 9 nitrogen and oxygen atoms in total. The minimum Gasteiger partial charge on any atom is -0.345 e. The molecule has 2 amide bonds. The molecule has 11 heteroatoms. The Bertz CT molecular complexity index is 1800. The zero-order valence-corrected chi connectivity index (χ0v) is 21.4. The van der Waals surface area contributed by atoms with Crippen molar-refractivity contribution in [3.8, 4) is 11.1 Å². The number of fused-ring (bicyclic) bond motifs is 2. The average Bonchev–Trinajstić information content (AvgIpc) is 3.66. The molecule has 0 radical (unpaired) electrons. The van der Waals surface area contributed by atoms with E-state index in [-0.39, 0.29) is 42.2 Å². The highest BCUT2D eigenvalue weighted by Gasteiger charge is 2.40. The van der Waals surface area contributed by atoms with E-state index in [1.165, 1.54) is 17.7 Å². The Hall–Kier alpha value is -4.93. The number of nitrogens with one attached hydrogen (secondary N) is 2. The first-order valence-electron chi connectivity index (χ1n) is 12.7. The van der Waals surface area contributed by atoms with Gasteiger partial charge in [-0.3, -0.25) is 19.1 Å². The number of para-hydroxylation sites is 1. The maximum Gasteiger partial charge on any atom is 0.247 e. The number of Topliss-reactive ketones (excluding diaryl/α,β-unsaturated/α-hetero) is 1. The van der Waals surface area contributed by atoms with Crippen LogP contribution in [0.25, 0.3) is 33.1 Å². The molecule has 1 saturated heterocycles. The Labute approximate surface area is 226 Å². The highest BCUT2D eigenvalue weighted by Crippen LogP contribution is 2.30. The van der Waals surface area contributed by atoms with Gasteiger partial charge < -0.3 is 15.2 Å². The number of nitrogens with zero attached hydrogens (tertiary/aromatic N) is 4. The highest BCUT2D eigenvalue weighted by atomic mass is 19.1. The van der Waals surface area contributed by atoms with Gasteiger partial charge in [-0.25, -0.2) is 13.8 Å². The van der Waals surface area contributed by atoms with E-state index in [0.717, 1.165) is 15.9 Å². The molecule has 1 aliphatic heterocycles. The Kier molecular flexibility index (Phi) is 6.33. The van der Waals surface area contributed by atoms with E-state index < -0.39 is 29.8 Å². The van der Waals surface area contributed by atoms with Crippen LogP contribution in [0.2, 0.25) is 0 Å². The van der Waals surface area contributed by atoms with Crippen LogP contribution in [0.5, 0.6) is 0 Å². The molecule has 3 heterocycles. The van der Waals surface area contributed by atoms with Crippen molar-refractivity contribution >= 4 is 45.2 Å². The normalized spacial score (nSPS) is 17.0. The fraction of sp³-hybridized carbons (Fsp3) is 0.207. The van der Waals surface area contributed by atoms with Gasteiger partial charge in [-0.2, -0.15) is 5.10 Å². The number of halogens is 2. The minimum absolute atomic E-state index is 0.0777. The molecule has 5 aromatic rings. The SMILES string of the molecule is CC(=O)c1nn(CC(=O)N2C[C@H](F)C[C@H]2C(=O)Nc2cccc(-c3ccc4nc[nH]c4c3)c2F)c2ccccc12. The first-order chi connectivity index (χ1) is 19.3. The smallest absolute Gasteiger partial charge is 0.247 e. The molecular formula is C29H24F2N6O3. The lowest BCUT2D eigenvalue weighted by Gasteiger charge is -2.24. The molecule has 0 aliphatic carbocycles. The monoisotopic (exact) mass is 542 g/mol. The van der Waals surface area contributed by atoms with E-state index >= 15 is 4.39 Å². The van der Waals surface area contributed by atoms with Crippen LogP contribution in [0, 0.1) is 5.82 Å². The first-order valence-corrected chi connectivity index (χ1v) is 12.7. The standard InChI is InChI=1S/C29H24F2N6O3/c1-16(38)28-20-5-2-3-8-24(20)37(35-28)14-26(39)36-13-18(30)12-25(36)29(40)34-22-7-4-6-19(27(22)31)17-9-10-21-23(11-17)33-15-32-21/h2-11,15,18,25H,12-14H2,1H3,(H,32,33)(H,34,40)/t18-,25+/m1/s1. The van der Waals surface area contributed by atoms with Crippen molar-refractivity contribution in [2.24, 2.45) is 0 Å². The Morgan fingerprint density at radius 1 is 1.10 bits per heavy atom. The molecule has 40 heavy (non-hydrogen) atoms. The average molecular weight is 543 g/mol. The lowest BCUT2D eigenvalue weighted by Crippen LogP contribution is -2.44. The predicted molar refractivity (Wildman–Crippen MR) is 145 cm³/mol. The van der Waals surface area contributed by atoms with E-state index in [1.807, 2.05) is 0 Å². The van der Waals surface area contributed by atoms with Gasteiger partial charge in [-0.15, -0.1) is 0 Å². The number of benzene rings is 3. The molecule has 0 unspecified atom stereocenters. The number of amides is 2. The summed E-state index contributed by atoms with van der Waals surface area (Å²) in [7, 11) is 0. The number of carbonyl (C=O) groups is 3. The van der Waals surface area contributed by atoms with Crippen LogP contribution in [0.3, 0.4) is 0 Å². The van der Waals surface area contributed by atoms with E-state index in [0.29, 0.717) is 16.5 Å². The third-order valence-electron chi connectivity index (χ3n) is 7.14. The van der Waals surface area contributed by atoms with Gasteiger partial charge in [-0.1, -0.05) is 36.4 Å². The molecule has 0 saturated carbocycles. The van der Waals surface area contributed by atoms with Crippen molar-refractivity contribution in [2.45, 2.75) is 32.1 Å². The molecule has 1 fully saturated rings. The molecule has 6 rings (SSSR count). The molecule has 2 N–H and O–H groups in total. The summed E-state index contributed by atoms with van der Waals surface area (Å²) in [6, 6.07) is 15.7. The highest BCUT2D eigenvalue weighted by molar-refractivity contribution is 6.05. The van der Waals surface area contributed by atoms with Gasteiger partial charge in [0.25, 0.3) is 0 Å².